The van der Waals surface area contributed by atoms with Gasteiger partial charge in [0.05, 0.1) is 17.0 Å². The quantitative estimate of drug-likeness (QED) is 0.536. The van der Waals surface area contributed by atoms with E-state index in [9.17, 15) is 4.79 Å². The predicted octanol–water partition coefficient (Wildman–Crippen LogP) is 4.17. The molecule has 0 amide bonds. The van der Waals surface area contributed by atoms with Gasteiger partial charge in [-0.15, -0.1) is 11.3 Å². The van der Waals surface area contributed by atoms with Gasteiger partial charge in [-0.25, -0.2) is 4.98 Å². The highest BCUT2D eigenvalue weighted by molar-refractivity contribution is 7.13. The molecule has 2 aromatic heterocycles. The van der Waals surface area contributed by atoms with Crippen LogP contribution in [0.15, 0.2) is 46.2 Å². The van der Waals surface area contributed by atoms with Crippen LogP contribution in [0.3, 0.4) is 0 Å². The van der Waals surface area contributed by atoms with Crippen LogP contribution in [0.2, 0.25) is 0 Å². The van der Waals surface area contributed by atoms with Gasteiger partial charge in [-0.3, -0.25) is 4.79 Å². The average Bonchev–Trinajstić information content (AvgIpc) is 3.12. The van der Waals surface area contributed by atoms with Gasteiger partial charge >= 0.3 is 5.97 Å². The number of aryl methyl sites for hydroxylation is 2. The van der Waals surface area contributed by atoms with E-state index in [1.54, 1.807) is 30.4 Å². The van der Waals surface area contributed by atoms with Crippen LogP contribution in [0.1, 0.15) is 17.0 Å². The molecule has 0 aliphatic heterocycles. The van der Waals surface area contributed by atoms with Crippen molar-refractivity contribution in [1.82, 2.24) is 4.98 Å². The number of carbonyl (C=O) groups excluding carboxylic acids is 1. The third-order valence-corrected chi connectivity index (χ3v) is 4.05. The van der Waals surface area contributed by atoms with E-state index in [-0.39, 0.29) is 12.4 Å². The SMILES string of the molecule is Cc1ccc(OC(=O)Cc2nc(-c3cccs3)oc2C)cc1. The molecule has 3 aromatic rings. The predicted molar refractivity (Wildman–Crippen MR) is 85.1 cm³/mol. The molecule has 3 rings (SSSR count). The van der Waals surface area contributed by atoms with E-state index >= 15 is 0 Å². The van der Waals surface area contributed by atoms with E-state index in [0.29, 0.717) is 23.1 Å². The van der Waals surface area contributed by atoms with Gasteiger partial charge in [-0.1, -0.05) is 23.8 Å². The van der Waals surface area contributed by atoms with E-state index < -0.39 is 0 Å². The lowest BCUT2D eigenvalue weighted by atomic mass is 10.2. The second-order valence-corrected chi connectivity index (χ2v) is 5.91. The van der Waals surface area contributed by atoms with E-state index in [4.69, 9.17) is 9.15 Å². The van der Waals surface area contributed by atoms with Crippen LogP contribution in [-0.4, -0.2) is 11.0 Å². The molecule has 0 spiro atoms. The van der Waals surface area contributed by atoms with Crippen LogP contribution < -0.4 is 4.74 Å². The highest BCUT2D eigenvalue weighted by atomic mass is 32.1. The summed E-state index contributed by atoms with van der Waals surface area (Å²) in [4.78, 5) is 17.3. The molecule has 0 saturated heterocycles. The number of oxazole rings is 1. The Morgan fingerprint density at radius 3 is 2.68 bits per heavy atom. The molecule has 112 valence electrons. The summed E-state index contributed by atoms with van der Waals surface area (Å²) in [6.45, 7) is 3.79. The second kappa shape index (κ2) is 6.15. The van der Waals surface area contributed by atoms with Crippen molar-refractivity contribution in [2.75, 3.05) is 0 Å². The van der Waals surface area contributed by atoms with Crippen molar-refractivity contribution in [1.29, 1.82) is 0 Å². The molecule has 2 heterocycles. The molecule has 0 unspecified atom stereocenters. The first-order valence-corrected chi connectivity index (χ1v) is 7.77. The van der Waals surface area contributed by atoms with Gasteiger partial charge in [0.1, 0.15) is 11.5 Å². The Morgan fingerprint density at radius 2 is 2.00 bits per heavy atom. The van der Waals surface area contributed by atoms with Crippen molar-refractivity contribution in [2.45, 2.75) is 20.3 Å². The Bertz CT molecular complexity index is 773. The third kappa shape index (κ3) is 3.26. The van der Waals surface area contributed by atoms with Crippen LogP contribution >= 0.6 is 11.3 Å². The van der Waals surface area contributed by atoms with Crippen LogP contribution in [-0.2, 0) is 11.2 Å². The molecule has 0 fully saturated rings. The van der Waals surface area contributed by atoms with Crippen LogP contribution in [0.4, 0.5) is 0 Å². The molecular formula is C17H15NO3S. The number of benzene rings is 1. The molecule has 0 radical (unpaired) electrons. The van der Waals surface area contributed by atoms with Crippen molar-refractivity contribution in [3.8, 4) is 16.5 Å². The first-order valence-electron chi connectivity index (χ1n) is 6.89. The largest absolute Gasteiger partial charge is 0.440 e. The fraction of sp³-hybridized carbons (Fsp3) is 0.176. The number of ether oxygens (including phenoxy) is 1. The summed E-state index contributed by atoms with van der Waals surface area (Å²) in [6.07, 6.45) is 0.0919. The maximum atomic E-state index is 12.0. The fourth-order valence-corrected chi connectivity index (χ4v) is 2.66. The maximum Gasteiger partial charge on any atom is 0.317 e. The molecule has 0 atom stereocenters. The molecule has 1 aromatic carbocycles. The van der Waals surface area contributed by atoms with Gasteiger partial charge in [0.15, 0.2) is 0 Å². The molecule has 0 saturated carbocycles. The Morgan fingerprint density at radius 1 is 1.23 bits per heavy atom. The molecule has 0 aliphatic rings. The number of carbonyl (C=O) groups is 1. The fourth-order valence-electron chi connectivity index (χ4n) is 2.01. The van der Waals surface area contributed by atoms with Crippen molar-refractivity contribution in [3.63, 3.8) is 0 Å². The number of hydrogen-bond acceptors (Lipinski definition) is 5. The van der Waals surface area contributed by atoms with E-state index in [0.717, 1.165) is 10.4 Å². The summed E-state index contributed by atoms with van der Waals surface area (Å²) >= 11 is 1.55. The molecule has 5 heteroatoms. The summed E-state index contributed by atoms with van der Waals surface area (Å²) in [5, 5.41) is 1.96. The van der Waals surface area contributed by atoms with Crippen LogP contribution in [0.25, 0.3) is 10.8 Å². The number of rotatable bonds is 4. The monoisotopic (exact) mass is 313 g/mol. The summed E-state index contributed by atoms with van der Waals surface area (Å²) in [7, 11) is 0. The van der Waals surface area contributed by atoms with Gasteiger partial charge in [0.25, 0.3) is 0 Å². The minimum atomic E-state index is -0.349. The molecule has 4 nitrogen and oxygen atoms in total. The Hall–Kier alpha value is -2.40. The van der Waals surface area contributed by atoms with Gasteiger partial charge < -0.3 is 9.15 Å². The zero-order valence-electron chi connectivity index (χ0n) is 12.3. The number of thiophene rings is 1. The zero-order valence-corrected chi connectivity index (χ0v) is 13.1. The highest BCUT2D eigenvalue weighted by Gasteiger charge is 2.16. The molecule has 0 N–H and O–H groups in total. The Kier molecular flexibility index (Phi) is 4.06. The van der Waals surface area contributed by atoms with Crippen molar-refractivity contribution < 1.29 is 13.9 Å². The third-order valence-electron chi connectivity index (χ3n) is 3.19. The molecule has 0 aliphatic carbocycles. The zero-order chi connectivity index (χ0) is 15.5. The number of esters is 1. The normalized spacial score (nSPS) is 10.6. The van der Waals surface area contributed by atoms with Crippen molar-refractivity contribution >= 4 is 17.3 Å². The number of aromatic nitrogens is 1. The summed E-state index contributed by atoms with van der Waals surface area (Å²) < 4.78 is 10.9. The van der Waals surface area contributed by atoms with Crippen LogP contribution in [0, 0.1) is 13.8 Å². The Balaban J connectivity index is 1.70. The molecular weight excluding hydrogens is 298 g/mol. The summed E-state index contributed by atoms with van der Waals surface area (Å²) in [5.74, 6) is 1.38. The molecule has 0 bridgehead atoms. The van der Waals surface area contributed by atoms with Gasteiger partial charge in [0, 0.05) is 0 Å². The minimum absolute atomic E-state index is 0.0919. The number of nitrogens with zero attached hydrogens (tertiary/aromatic N) is 1. The first kappa shape index (κ1) is 14.5. The lowest BCUT2D eigenvalue weighted by molar-refractivity contribution is -0.133. The average molecular weight is 313 g/mol. The smallest absolute Gasteiger partial charge is 0.317 e. The first-order chi connectivity index (χ1) is 10.6. The van der Waals surface area contributed by atoms with Crippen LogP contribution in [0.5, 0.6) is 5.75 Å². The van der Waals surface area contributed by atoms with Gasteiger partial charge in [-0.2, -0.15) is 0 Å². The lowest BCUT2D eigenvalue weighted by Crippen LogP contribution is -2.12. The minimum Gasteiger partial charge on any atom is -0.440 e. The second-order valence-electron chi connectivity index (χ2n) is 4.96. The summed E-state index contributed by atoms with van der Waals surface area (Å²) in [6, 6.07) is 11.2. The lowest BCUT2D eigenvalue weighted by Gasteiger charge is -2.03. The van der Waals surface area contributed by atoms with E-state index in [1.165, 1.54) is 0 Å². The summed E-state index contributed by atoms with van der Waals surface area (Å²) in [5.41, 5.74) is 1.73. The molecule has 22 heavy (non-hydrogen) atoms. The number of hydrogen-bond donors (Lipinski definition) is 0. The topological polar surface area (TPSA) is 52.3 Å². The van der Waals surface area contributed by atoms with Gasteiger partial charge in [-0.05, 0) is 37.4 Å². The van der Waals surface area contributed by atoms with Gasteiger partial charge in [0.2, 0.25) is 5.89 Å². The Labute approximate surface area is 132 Å². The van der Waals surface area contributed by atoms with E-state index in [2.05, 4.69) is 4.98 Å². The van der Waals surface area contributed by atoms with E-state index in [1.807, 2.05) is 36.6 Å². The standard InChI is InChI=1S/C17H15NO3S/c1-11-5-7-13(8-6-11)21-16(19)10-14-12(2)20-17(18-14)15-4-3-9-22-15/h3-9H,10H2,1-2H3. The maximum absolute atomic E-state index is 12.0. The highest BCUT2D eigenvalue weighted by Crippen LogP contribution is 2.26. The van der Waals surface area contributed by atoms with Crippen molar-refractivity contribution in [2.24, 2.45) is 0 Å². The van der Waals surface area contributed by atoms with Crippen molar-refractivity contribution in [3.05, 3.63) is 58.8 Å².